The number of anilines is 1. The van der Waals surface area contributed by atoms with Crippen molar-refractivity contribution in [3.05, 3.63) is 81.5 Å². The molecule has 13 heteroatoms. The number of methoxy groups -OCH3 is 1. The van der Waals surface area contributed by atoms with Crippen LogP contribution in [0.2, 0.25) is 10.0 Å². The Balaban J connectivity index is 1.20. The maximum Gasteiger partial charge on any atom is 0.291 e. The molecule has 48 heavy (non-hydrogen) atoms. The number of halogens is 3. The summed E-state index contributed by atoms with van der Waals surface area (Å²) in [6.45, 7) is 2.97. The number of hydrogen-bond donors (Lipinski definition) is 3. The second-order valence-electron chi connectivity index (χ2n) is 12.1. The molecule has 4 heterocycles. The molecule has 0 aliphatic carbocycles. The van der Waals surface area contributed by atoms with E-state index in [9.17, 15) is 14.0 Å². The molecular weight excluding hydrogens is 656 g/mol. The number of fused-ring (bicyclic) bond motifs is 1. The molecule has 10 nitrogen and oxygen atoms in total. The van der Waals surface area contributed by atoms with E-state index < -0.39 is 0 Å². The maximum atomic E-state index is 13.6. The van der Waals surface area contributed by atoms with Crippen LogP contribution < -0.4 is 20.7 Å². The molecule has 0 spiro atoms. The quantitative estimate of drug-likeness (QED) is 0.161. The van der Waals surface area contributed by atoms with Gasteiger partial charge < -0.3 is 25.3 Å². The molecule has 0 unspecified atom stereocenters. The standard InChI is InChI=1S/C35H38Cl2FN7O3/c1-44-28-12-16-45(19-23-9-10-30(46)41-23)20-27(28)42-34(44)35(47)43-26-6-3-5-24(31(26)36)25-11-15-40-33(32(25)37)21-7-8-22(29(17-21)48-2)18-39-14-4-13-38/h3,5-8,11,15,17,23,39H,4,9-10,12-14,16,18-20H2,1-2H3,(H,41,46)(H,43,47)/t23-/m0/s1. The number of aromatic nitrogens is 3. The number of ether oxygens (including phenoxy) is 1. The van der Waals surface area contributed by atoms with Crippen LogP contribution in [0.15, 0.2) is 48.7 Å². The Kier molecular flexibility index (Phi) is 10.6. The van der Waals surface area contributed by atoms with Gasteiger partial charge in [0.1, 0.15) is 5.75 Å². The van der Waals surface area contributed by atoms with E-state index in [1.54, 1.807) is 25.4 Å². The fourth-order valence-electron chi connectivity index (χ4n) is 6.39. The Morgan fingerprint density at radius 1 is 1.15 bits per heavy atom. The van der Waals surface area contributed by atoms with Gasteiger partial charge in [0.15, 0.2) is 5.82 Å². The first-order valence-corrected chi connectivity index (χ1v) is 16.8. The first kappa shape index (κ1) is 33.9. The molecule has 0 bridgehead atoms. The van der Waals surface area contributed by atoms with Crippen molar-refractivity contribution in [1.82, 2.24) is 30.1 Å². The predicted molar refractivity (Wildman–Crippen MR) is 185 cm³/mol. The van der Waals surface area contributed by atoms with E-state index in [0.29, 0.717) is 76.6 Å². The van der Waals surface area contributed by atoms with Crippen LogP contribution >= 0.6 is 23.2 Å². The maximum absolute atomic E-state index is 13.6. The number of carbonyl (C=O) groups is 2. The van der Waals surface area contributed by atoms with Crippen molar-refractivity contribution in [1.29, 1.82) is 0 Å². The van der Waals surface area contributed by atoms with Gasteiger partial charge in [-0.2, -0.15) is 0 Å². The molecule has 2 aromatic heterocycles. The summed E-state index contributed by atoms with van der Waals surface area (Å²) in [5.74, 6) is 0.703. The number of amides is 2. The summed E-state index contributed by atoms with van der Waals surface area (Å²) in [5, 5.41) is 9.94. The van der Waals surface area contributed by atoms with Crippen molar-refractivity contribution in [3.8, 4) is 28.1 Å². The van der Waals surface area contributed by atoms with Crippen LogP contribution in [-0.2, 0) is 31.4 Å². The number of nitrogens with one attached hydrogen (secondary N) is 3. The average molecular weight is 695 g/mol. The Morgan fingerprint density at radius 2 is 1.98 bits per heavy atom. The fourth-order valence-corrected chi connectivity index (χ4v) is 6.99. The van der Waals surface area contributed by atoms with E-state index in [1.807, 2.05) is 41.9 Å². The van der Waals surface area contributed by atoms with Crippen molar-refractivity contribution in [2.75, 3.05) is 38.7 Å². The van der Waals surface area contributed by atoms with Crippen molar-refractivity contribution >= 4 is 40.7 Å². The molecule has 0 radical (unpaired) electrons. The molecule has 1 atom stereocenters. The van der Waals surface area contributed by atoms with Crippen LogP contribution in [0.3, 0.4) is 0 Å². The highest BCUT2D eigenvalue weighted by Gasteiger charge is 2.29. The molecule has 2 aliphatic heterocycles. The molecule has 3 N–H and O–H groups in total. The summed E-state index contributed by atoms with van der Waals surface area (Å²) in [4.78, 5) is 36.7. The molecule has 4 aromatic rings. The molecule has 6 rings (SSSR count). The Bertz CT molecular complexity index is 1830. The highest BCUT2D eigenvalue weighted by molar-refractivity contribution is 6.39. The highest BCUT2D eigenvalue weighted by Crippen LogP contribution is 2.41. The Labute approximate surface area is 289 Å². The first-order valence-electron chi connectivity index (χ1n) is 16.0. The number of alkyl halides is 1. The predicted octanol–water partition coefficient (Wildman–Crippen LogP) is 5.80. The largest absolute Gasteiger partial charge is 0.496 e. The monoisotopic (exact) mass is 693 g/mol. The summed E-state index contributed by atoms with van der Waals surface area (Å²) < 4.78 is 19.9. The van der Waals surface area contributed by atoms with Gasteiger partial charge in [-0.05, 0) is 37.6 Å². The van der Waals surface area contributed by atoms with Crippen LogP contribution in [-0.4, -0.2) is 70.7 Å². The van der Waals surface area contributed by atoms with E-state index >= 15 is 0 Å². The number of pyridine rings is 1. The zero-order valence-electron chi connectivity index (χ0n) is 26.9. The van der Waals surface area contributed by atoms with Gasteiger partial charge in [-0.25, -0.2) is 4.98 Å². The summed E-state index contributed by atoms with van der Waals surface area (Å²) in [6, 6.07) is 13.1. The summed E-state index contributed by atoms with van der Waals surface area (Å²) in [7, 11) is 3.46. The van der Waals surface area contributed by atoms with E-state index in [0.717, 1.165) is 48.4 Å². The molecule has 2 amide bonds. The molecular formula is C35H38Cl2FN7O3. The van der Waals surface area contributed by atoms with Gasteiger partial charge in [0.25, 0.3) is 5.91 Å². The first-order chi connectivity index (χ1) is 23.3. The van der Waals surface area contributed by atoms with E-state index in [4.69, 9.17) is 32.9 Å². The number of nitrogens with zero attached hydrogens (tertiary/aromatic N) is 4. The van der Waals surface area contributed by atoms with Crippen LogP contribution in [0, 0.1) is 0 Å². The zero-order chi connectivity index (χ0) is 33.8. The van der Waals surface area contributed by atoms with Crippen molar-refractivity contribution < 1.29 is 18.7 Å². The van der Waals surface area contributed by atoms with Crippen LogP contribution in [0.1, 0.15) is 46.8 Å². The smallest absolute Gasteiger partial charge is 0.291 e. The molecule has 2 aromatic carbocycles. The van der Waals surface area contributed by atoms with E-state index in [1.165, 1.54) is 0 Å². The Hall–Kier alpha value is -4.03. The molecule has 2 aliphatic rings. The minimum atomic E-state index is -0.367. The van der Waals surface area contributed by atoms with Gasteiger partial charge in [0, 0.05) is 86.3 Å². The summed E-state index contributed by atoms with van der Waals surface area (Å²) in [5.41, 5.74) is 5.87. The third-order valence-corrected chi connectivity index (χ3v) is 9.68. The van der Waals surface area contributed by atoms with Crippen LogP contribution in [0.4, 0.5) is 10.1 Å². The van der Waals surface area contributed by atoms with Gasteiger partial charge >= 0.3 is 0 Å². The van der Waals surface area contributed by atoms with Gasteiger partial charge in [0.2, 0.25) is 5.91 Å². The summed E-state index contributed by atoms with van der Waals surface area (Å²) >= 11 is 13.9. The normalized spacial score (nSPS) is 16.1. The van der Waals surface area contributed by atoms with Crippen molar-refractivity contribution in [2.24, 2.45) is 7.05 Å². The molecule has 1 saturated heterocycles. The number of benzene rings is 2. The zero-order valence-corrected chi connectivity index (χ0v) is 28.4. The SMILES string of the molecule is COc1cc(-c2nccc(-c3cccc(NC(=O)c4nc5c(n4C)CCN(C[C@@H]4CCC(=O)N4)C5)c3Cl)c2Cl)ccc1CNCCCF. The van der Waals surface area contributed by atoms with Crippen LogP contribution in [0.25, 0.3) is 22.4 Å². The van der Waals surface area contributed by atoms with Crippen molar-refractivity contribution in [2.45, 2.75) is 44.8 Å². The minimum Gasteiger partial charge on any atom is -0.496 e. The van der Waals surface area contributed by atoms with Gasteiger partial charge in [0.05, 0.1) is 40.9 Å². The van der Waals surface area contributed by atoms with Gasteiger partial charge in [-0.15, -0.1) is 0 Å². The molecule has 1 fully saturated rings. The minimum absolute atomic E-state index is 0.103. The average Bonchev–Trinajstić information content (AvgIpc) is 3.65. The number of hydrogen-bond acceptors (Lipinski definition) is 7. The lowest BCUT2D eigenvalue weighted by Gasteiger charge is -2.28. The van der Waals surface area contributed by atoms with Crippen LogP contribution in [0.5, 0.6) is 5.75 Å². The van der Waals surface area contributed by atoms with E-state index in [2.05, 4.69) is 25.8 Å². The van der Waals surface area contributed by atoms with Crippen molar-refractivity contribution in [3.63, 3.8) is 0 Å². The topological polar surface area (TPSA) is 113 Å². The second-order valence-corrected chi connectivity index (χ2v) is 12.8. The van der Waals surface area contributed by atoms with Gasteiger partial charge in [-0.1, -0.05) is 47.5 Å². The molecule has 252 valence electrons. The third-order valence-electron chi connectivity index (χ3n) is 8.89. The second kappa shape index (κ2) is 15.0. The number of rotatable bonds is 12. The summed E-state index contributed by atoms with van der Waals surface area (Å²) in [6.07, 6.45) is 4.29. The lowest BCUT2D eigenvalue weighted by molar-refractivity contribution is -0.119. The lowest BCUT2D eigenvalue weighted by atomic mass is 10.0. The fraction of sp³-hybridized carbons (Fsp3) is 0.371. The molecule has 0 saturated carbocycles. The Morgan fingerprint density at radius 3 is 2.75 bits per heavy atom. The lowest BCUT2D eigenvalue weighted by Crippen LogP contribution is -2.41. The van der Waals surface area contributed by atoms with E-state index in [-0.39, 0.29) is 24.5 Å². The highest BCUT2D eigenvalue weighted by atomic mass is 35.5. The van der Waals surface area contributed by atoms with Gasteiger partial charge in [-0.3, -0.25) is 23.9 Å². The number of carbonyl (C=O) groups excluding carboxylic acids is 2. The third kappa shape index (κ3) is 7.19. The number of imidazole rings is 1.